The van der Waals surface area contributed by atoms with Gasteiger partial charge in [0.05, 0.1) is 30.0 Å². The lowest BCUT2D eigenvalue weighted by Gasteiger charge is -2.19. The van der Waals surface area contributed by atoms with Gasteiger partial charge in [0.2, 0.25) is 0 Å². The van der Waals surface area contributed by atoms with E-state index in [0.29, 0.717) is 27.2 Å². The number of rotatable bonds is 7. The van der Waals surface area contributed by atoms with Crippen molar-refractivity contribution in [1.29, 1.82) is 0 Å². The molecule has 0 saturated carbocycles. The van der Waals surface area contributed by atoms with Crippen LogP contribution in [0.25, 0.3) is 0 Å². The first kappa shape index (κ1) is 25.4. The maximum Gasteiger partial charge on any atom is 0.283 e. The third kappa shape index (κ3) is 4.97. The fourth-order valence-corrected chi connectivity index (χ4v) is 3.97. The molecule has 3 amide bonds. The molecule has 184 valence electrons. The minimum atomic E-state index is -0.732. The van der Waals surface area contributed by atoms with E-state index in [9.17, 15) is 14.4 Å². The van der Waals surface area contributed by atoms with Crippen molar-refractivity contribution in [1.82, 2.24) is 0 Å². The van der Waals surface area contributed by atoms with Crippen LogP contribution in [0.15, 0.2) is 71.4 Å². The molecule has 0 bridgehead atoms. The lowest BCUT2D eigenvalue weighted by Crippen LogP contribution is -2.32. The Morgan fingerprint density at radius 2 is 1.61 bits per heavy atom. The van der Waals surface area contributed by atoms with Gasteiger partial charge in [-0.15, -0.1) is 0 Å². The second-order valence-electron chi connectivity index (χ2n) is 7.46. The third-order valence-corrected chi connectivity index (χ3v) is 6.32. The number of imide groups is 1. The summed E-state index contributed by atoms with van der Waals surface area (Å²) in [5.74, 6) is -1.14. The standard InChI is InChI=1S/C25H18Cl3N3O5/c1-35-16-7-9-20(36-2)19(12-16)31-24(33)21(28)22(25(31)34)29-14-5-3-4-13(10-14)23(32)30-15-6-8-17(26)18(27)11-15/h3-12,29H,1-2H3,(H,30,32). The number of carbonyl (C=O) groups is 3. The average Bonchev–Trinajstić information content (AvgIpc) is 3.08. The molecule has 0 aliphatic carbocycles. The number of halogens is 3. The van der Waals surface area contributed by atoms with Crippen molar-refractivity contribution in [2.45, 2.75) is 0 Å². The first-order chi connectivity index (χ1) is 17.2. The molecule has 0 atom stereocenters. The number of benzene rings is 3. The summed E-state index contributed by atoms with van der Waals surface area (Å²) in [7, 11) is 2.88. The minimum absolute atomic E-state index is 0.145. The summed E-state index contributed by atoms with van der Waals surface area (Å²) in [6.07, 6.45) is 0. The Kier molecular flexibility index (Phi) is 7.40. The number of hydrogen-bond acceptors (Lipinski definition) is 6. The molecule has 0 radical (unpaired) electrons. The van der Waals surface area contributed by atoms with Gasteiger partial charge >= 0.3 is 0 Å². The van der Waals surface area contributed by atoms with Crippen molar-refractivity contribution in [2.75, 3.05) is 29.8 Å². The smallest absolute Gasteiger partial charge is 0.283 e. The van der Waals surface area contributed by atoms with Gasteiger partial charge in [-0.25, -0.2) is 4.90 Å². The largest absolute Gasteiger partial charge is 0.497 e. The lowest BCUT2D eigenvalue weighted by molar-refractivity contribution is -0.120. The van der Waals surface area contributed by atoms with Crippen LogP contribution < -0.4 is 25.0 Å². The highest BCUT2D eigenvalue weighted by Gasteiger charge is 2.40. The van der Waals surface area contributed by atoms with E-state index in [-0.39, 0.29) is 27.7 Å². The Morgan fingerprint density at radius 1 is 0.833 bits per heavy atom. The predicted octanol–water partition coefficient (Wildman–Crippen LogP) is 5.70. The molecule has 2 N–H and O–H groups in total. The molecule has 1 aliphatic rings. The zero-order chi connectivity index (χ0) is 26.0. The van der Waals surface area contributed by atoms with Gasteiger partial charge in [-0.2, -0.15) is 0 Å². The van der Waals surface area contributed by atoms with Crippen LogP contribution in [0.4, 0.5) is 17.1 Å². The number of anilines is 3. The Balaban J connectivity index is 1.57. The first-order valence-electron chi connectivity index (χ1n) is 10.4. The van der Waals surface area contributed by atoms with Gasteiger partial charge in [0.1, 0.15) is 22.2 Å². The van der Waals surface area contributed by atoms with E-state index >= 15 is 0 Å². The molecule has 4 rings (SSSR count). The number of carbonyl (C=O) groups excluding carboxylic acids is 3. The van der Waals surface area contributed by atoms with Crippen LogP contribution >= 0.6 is 34.8 Å². The van der Waals surface area contributed by atoms with Gasteiger partial charge in [-0.3, -0.25) is 14.4 Å². The quantitative estimate of drug-likeness (QED) is 0.369. The van der Waals surface area contributed by atoms with Crippen LogP contribution in [0, 0.1) is 0 Å². The molecule has 0 saturated heterocycles. The van der Waals surface area contributed by atoms with Crippen molar-refractivity contribution < 1.29 is 23.9 Å². The zero-order valence-electron chi connectivity index (χ0n) is 18.9. The van der Waals surface area contributed by atoms with E-state index in [1.54, 1.807) is 42.5 Å². The zero-order valence-corrected chi connectivity index (χ0v) is 21.2. The van der Waals surface area contributed by atoms with Crippen LogP contribution in [0.1, 0.15) is 10.4 Å². The van der Waals surface area contributed by atoms with Crippen molar-refractivity contribution in [3.8, 4) is 11.5 Å². The van der Waals surface area contributed by atoms with Crippen molar-refractivity contribution >= 4 is 69.6 Å². The topological polar surface area (TPSA) is 97.0 Å². The summed E-state index contributed by atoms with van der Waals surface area (Å²) in [6, 6.07) is 15.7. The van der Waals surface area contributed by atoms with Crippen LogP contribution in [0.2, 0.25) is 10.0 Å². The van der Waals surface area contributed by atoms with Crippen molar-refractivity contribution in [3.05, 3.63) is 87.0 Å². The fraction of sp³-hybridized carbons (Fsp3) is 0.0800. The van der Waals surface area contributed by atoms with Gasteiger partial charge in [-0.1, -0.05) is 40.9 Å². The molecule has 0 unspecified atom stereocenters. The molecule has 11 heteroatoms. The molecular formula is C25H18Cl3N3O5. The van der Waals surface area contributed by atoms with Gasteiger partial charge < -0.3 is 20.1 Å². The average molecular weight is 547 g/mol. The van der Waals surface area contributed by atoms with Crippen LogP contribution in [0.5, 0.6) is 11.5 Å². The lowest BCUT2D eigenvalue weighted by atomic mass is 10.1. The SMILES string of the molecule is COc1ccc(OC)c(N2C(=O)C(Cl)=C(Nc3cccc(C(=O)Nc4ccc(Cl)c(Cl)c4)c3)C2=O)c1. The van der Waals surface area contributed by atoms with Gasteiger partial charge in [-0.05, 0) is 48.5 Å². The molecule has 3 aromatic carbocycles. The molecular weight excluding hydrogens is 529 g/mol. The summed E-state index contributed by atoms with van der Waals surface area (Å²) >= 11 is 18.2. The number of hydrogen-bond donors (Lipinski definition) is 2. The number of nitrogens with one attached hydrogen (secondary N) is 2. The molecule has 3 aromatic rings. The fourth-order valence-electron chi connectivity index (χ4n) is 3.46. The Morgan fingerprint density at radius 3 is 2.31 bits per heavy atom. The number of ether oxygens (including phenoxy) is 2. The maximum absolute atomic E-state index is 13.2. The van der Waals surface area contributed by atoms with Gasteiger partial charge in [0.25, 0.3) is 17.7 Å². The Bertz CT molecular complexity index is 1420. The summed E-state index contributed by atoms with van der Waals surface area (Å²) in [6.45, 7) is 0. The minimum Gasteiger partial charge on any atom is -0.497 e. The first-order valence-corrected chi connectivity index (χ1v) is 11.5. The summed E-state index contributed by atoms with van der Waals surface area (Å²) < 4.78 is 10.5. The number of nitrogens with zero attached hydrogens (tertiary/aromatic N) is 1. The van der Waals surface area contributed by atoms with Gasteiger partial charge in [0.15, 0.2) is 0 Å². The summed E-state index contributed by atoms with van der Waals surface area (Å²) in [5, 5.41) is 5.93. The highest BCUT2D eigenvalue weighted by Crippen LogP contribution is 2.38. The van der Waals surface area contributed by atoms with E-state index in [2.05, 4.69) is 10.6 Å². The summed E-state index contributed by atoms with van der Waals surface area (Å²) in [4.78, 5) is 39.8. The predicted molar refractivity (Wildman–Crippen MR) is 139 cm³/mol. The molecule has 0 aromatic heterocycles. The Labute approximate surface area is 221 Å². The monoisotopic (exact) mass is 545 g/mol. The van der Waals surface area contributed by atoms with E-state index in [0.717, 1.165) is 4.90 Å². The second kappa shape index (κ2) is 10.5. The maximum atomic E-state index is 13.2. The van der Waals surface area contributed by atoms with Crippen LogP contribution in [-0.4, -0.2) is 31.9 Å². The second-order valence-corrected chi connectivity index (χ2v) is 8.65. The van der Waals surface area contributed by atoms with E-state index in [1.165, 1.54) is 32.4 Å². The third-order valence-electron chi connectivity index (χ3n) is 5.23. The van der Waals surface area contributed by atoms with E-state index in [1.807, 2.05) is 0 Å². The number of methoxy groups -OCH3 is 2. The number of amides is 3. The molecule has 1 heterocycles. The van der Waals surface area contributed by atoms with Crippen molar-refractivity contribution in [2.24, 2.45) is 0 Å². The molecule has 8 nitrogen and oxygen atoms in total. The van der Waals surface area contributed by atoms with Crippen molar-refractivity contribution in [3.63, 3.8) is 0 Å². The molecule has 0 fully saturated rings. The highest BCUT2D eigenvalue weighted by molar-refractivity contribution is 6.53. The van der Waals surface area contributed by atoms with E-state index < -0.39 is 17.7 Å². The normalized spacial score (nSPS) is 13.2. The Hall–Kier alpha value is -3.72. The highest BCUT2D eigenvalue weighted by atomic mass is 35.5. The molecule has 36 heavy (non-hydrogen) atoms. The van der Waals surface area contributed by atoms with E-state index in [4.69, 9.17) is 44.3 Å². The molecule has 1 aliphatic heterocycles. The molecule has 0 spiro atoms. The van der Waals surface area contributed by atoms with Crippen LogP contribution in [-0.2, 0) is 9.59 Å². The van der Waals surface area contributed by atoms with Crippen LogP contribution in [0.3, 0.4) is 0 Å². The summed E-state index contributed by atoms with van der Waals surface area (Å²) in [5.41, 5.74) is 1.14. The van der Waals surface area contributed by atoms with Gasteiger partial charge in [0, 0.05) is 23.0 Å².